The fourth-order valence-corrected chi connectivity index (χ4v) is 4.31. The number of alkyl halides is 3. The van der Waals surface area contributed by atoms with Crippen LogP contribution in [0.4, 0.5) is 23.7 Å². The number of aromatic amines is 1. The number of pyridine rings is 1. The van der Waals surface area contributed by atoms with Crippen molar-refractivity contribution >= 4 is 28.7 Å². The highest BCUT2D eigenvalue weighted by molar-refractivity contribution is 6.03. The first-order valence-electron chi connectivity index (χ1n) is 11.0. The second kappa shape index (κ2) is 8.75. The Bertz CT molecular complexity index is 1290. The minimum absolute atomic E-state index is 0.0599. The van der Waals surface area contributed by atoms with Crippen molar-refractivity contribution in [1.82, 2.24) is 25.6 Å². The number of aryl methyl sites for hydroxylation is 1. The standard InChI is InChI=1S/C23H25F3N6O3/c1-12-5-4-6-16-17(12)30-19(29-16)14-9-27-10-15(20(33)28-13(2)23(24,25)26)18(14)32-8-7-22(3,11-32)31-21(34)35/h4-6,9-10,13,31H,7-8,11H2,1-3H3,(H,28,33)(H,29,30)(H,34,35). The first-order valence-corrected chi connectivity index (χ1v) is 11.0. The number of fused-ring (bicyclic) bond motifs is 1. The Morgan fingerprint density at radius 2 is 2.03 bits per heavy atom. The second-order valence-corrected chi connectivity index (χ2v) is 9.04. The highest BCUT2D eigenvalue weighted by atomic mass is 19.4. The predicted octanol–water partition coefficient (Wildman–Crippen LogP) is 3.85. The van der Waals surface area contributed by atoms with Crippen molar-refractivity contribution in [1.29, 1.82) is 0 Å². The number of anilines is 1. The number of amides is 2. The zero-order valence-electron chi connectivity index (χ0n) is 19.3. The van der Waals surface area contributed by atoms with E-state index in [9.17, 15) is 27.9 Å². The summed E-state index contributed by atoms with van der Waals surface area (Å²) in [5.74, 6) is -0.540. The van der Waals surface area contributed by atoms with Gasteiger partial charge in [-0.15, -0.1) is 0 Å². The number of hydrogen-bond acceptors (Lipinski definition) is 5. The highest BCUT2D eigenvalue weighted by Crippen LogP contribution is 2.37. The summed E-state index contributed by atoms with van der Waals surface area (Å²) in [6.07, 6.45) is -2.67. The fourth-order valence-electron chi connectivity index (χ4n) is 4.31. The lowest BCUT2D eigenvalue weighted by atomic mass is 10.0. The van der Waals surface area contributed by atoms with Gasteiger partial charge in [0.25, 0.3) is 5.91 Å². The minimum atomic E-state index is -4.62. The maximum atomic E-state index is 13.1. The van der Waals surface area contributed by atoms with Gasteiger partial charge < -0.3 is 25.6 Å². The normalized spacial score (nSPS) is 19.1. The van der Waals surface area contributed by atoms with Gasteiger partial charge in [-0.3, -0.25) is 9.78 Å². The quantitative estimate of drug-likeness (QED) is 0.431. The van der Waals surface area contributed by atoms with Gasteiger partial charge in [-0.2, -0.15) is 13.2 Å². The third-order valence-corrected chi connectivity index (χ3v) is 6.17. The van der Waals surface area contributed by atoms with Crippen LogP contribution in [0.3, 0.4) is 0 Å². The molecule has 4 rings (SSSR count). The summed E-state index contributed by atoms with van der Waals surface area (Å²) in [6.45, 7) is 5.06. The molecular weight excluding hydrogens is 465 g/mol. The second-order valence-electron chi connectivity index (χ2n) is 9.04. The summed E-state index contributed by atoms with van der Waals surface area (Å²) in [5.41, 5.74) is 2.27. The molecule has 0 saturated carbocycles. The summed E-state index contributed by atoms with van der Waals surface area (Å²) in [4.78, 5) is 38.1. The van der Waals surface area contributed by atoms with E-state index in [1.54, 1.807) is 11.8 Å². The minimum Gasteiger partial charge on any atom is -0.465 e. The molecule has 9 nitrogen and oxygen atoms in total. The van der Waals surface area contributed by atoms with Gasteiger partial charge in [0.1, 0.15) is 11.9 Å². The van der Waals surface area contributed by atoms with E-state index in [0.29, 0.717) is 35.6 Å². The number of nitrogens with one attached hydrogen (secondary N) is 3. The zero-order chi connectivity index (χ0) is 25.5. The van der Waals surface area contributed by atoms with Crippen molar-refractivity contribution in [3.05, 3.63) is 41.7 Å². The van der Waals surface area contributed by atoms with Gasteiger partial charge in [0.05, 0.1) is 33.4 Å². The molecule has 1 saturated heterocycles. The Morgan fingerprint density at radius 3 is 2.69 bits per heavy atom. The van der Waals surface area contributed by atoms with Crippen molar-refractivity contribution in [2.75, 3.05) is 18.0 Å². The molecule has 0 radical (unpaired) electrons. The van der Waals surface area contributed by atoms with Gasteiger partial charge in [0, 0.05) is 25.5 Å². The number of hydrogen-bond donors (Lipinski definition) is 4. The van der Waals surface area contributed by atoms with E-state index in [4.69, 9.17) is 0 Å². The maximum absolute atomic E-state index is 13.1. The Labute approximate surface area is 198 Å². The molecule has 2 amide bonds. The van der Waals surface area contributed by atoms with E-state index in [-0.39, 0.29) is 12.1 Å². The number of carbonyl (C=O) groups is 2. The van der Waals surface area contributed by atoms with E-state index < -0.39 is 29.8 Å². The largest absolute Gasteiger partial charge is 0.465 e. The monoisotopic (exact) mass is 490 g/mol. The van der Waals surface area contributed by atoms with Crippen LogP contribution in [0.1, 0.15) is 36.2 Å². The Kier molecular flexibility index (Phi) is 6.07. The number of benzene rings is 1. The van der Waals surface area contributed by atoms with Gasteiger partial charge in [0.2, 0.25) is 0 Å². The molecule has 2 unspecified atom stereocenters. The van der Waals surface area contributed by atoms with Crippen LogP contribution in [0, 0.1) is 6.92 Å². The van der Waals surface area contributed by atoms with Crippen molar-refractivity contribution in [3.63, 3.8) is 0 Å². The van der Waals surface area contributed by atoms with Crippen LogP contribution < -0.4 is 15.5 Å². The molecule has 1 fully saturated rings. The number of halogens is 3. The summed E-state index contributed by atoms with van der Waals surface area (Å²) in [7, 11) is 0. The third kappa shape index (κ3) is 4.86. The third-order valence-electron chi connectivity index (χ3n) is 6.17. The summed E-state index contributed by atoms with van der Waals surface area (Å²) in [6, 6.07) is 3.54. The van der Waals surface area contributed by atoms with Gasteiger partial charge in [-0.1, -0.05) is 12.1 Å². The molecule has 2 aromatic heterocycles. The van der Waals surface area contributed by atoms with Crippen LogP contribution in [0.5, 0.6) is 0 Å². The van der Waals surface area contributed by atoms with Gasteiger partial charge >= 0.3 is 12.3 Å². The number of carbonyl (C=O) groups excluding carboxylic acids is 1. The molecule has 35 heavy (non-hydrogen) atoms. The molecule has 1 aliphatic rings. The molecule has 2 atom stereocenters. The van der Waals surface area contributed by atoms with E-state index in [1.807, 2.05) is 30.4 Å². The Hall–Kier alpha value is -3.83. The molecule has 186 valence electrons. The molecular formula is C23H25F3N6O3. The van der Waals surface area contributed by atoms with Crippen LogP contribution in [-0.4, -0.2) is 62.9 Å². The number of H-pyrrole nitrogens is 1. The zero-order valence-corrected chi connectivity index (χ0v) is 19.3. The molecule has 3 heterocycles. The lowest BCUT2D eigenvalue weighted by Crippen LogP contribution is -2.47. The van der Waals surface area contributed by atoms with Crippen molar-refractivity contribution in [2.24, 2.45) is 0 Å². The van der Waals surface area contributed by atoms with Gasteiger partial charge in [-0.25, -0.2) is 9.78 Å². The van der Waals surface area contributed by atoms with Crippen molar-refractivity contribution in [2.45, 2.75) is 44.9 Å². The molecule has 1 aliphatic heterocycles. The maximum Gasteiger partial charge on any atom is 0.408 e. The average molecular weight is 490 g/mol. The molecule has 0 aliphatic carbocycles. The van der Waals surface area contributed by atoms with Crippen molar-refractivity contribution in [3.8, 4) is 11.4 Å². The van der Waals surface area contributed by atoms with E-state index >= 15 is 0 Å². The molecule has 4 N–H and O–H groups in total. The first-order chi connectivity index (χ1) is 16.4. The average Bonchev–Trinajstić information content (AvgIpc) is 3.36. The topological polar surface area (TPSA) is 123 Å². The summed E-state index contributed by atoms with van der Waals surface area (Å²) >= 11 is 0. The number of carboxylic acid groups (broad SMARTS) is 1. The SMILES string of the molecule is Cc1cccc2[nH]c(-c3cncc(C(=O)NC(C)C(F)(F)F)c3N3CCC(C)(NC(=O)O)C3)nc12. The molecule has 12 heteroatoms. The van der Waals surface area contributed by atoms with Crippen LogP contribution >= 0.6 is 0 Å². The van der Waals surface area contributed by atoms with Gasteiger partial charge in [-0.05, 0) is 38.8 Å². The number of aromatic nitrogens is 3. The number of nitrogens with zero attached hydrogens (tertiary/aromatic N) is 3. The van der Waals surface area contributed by atoms with Crippen molar-refractivity contribution < 1.29 is 27.9 Å². The number of rotatable bonds is 5. The lowest BCUT2D eigenvalue weighted by molar-refractivity contribution is -0.149. The molecule has 0 spiro atoms. The van der Waals surface area contributed by atoms with Crippen LogP contribution in [0.25, 0.3) is 22.4 Å². The number of imidazole rings is 1. The molecule has 0 bridgehead atoms. The fraction of sp³-hybridized carbons (Fsp3) is 0.391. The van der Waals surface area contributed by atoms with E-state index in [0.717, 1.165) is 18.0 Å². The molecule has 1 aromatic carbocycles. The highest BCUT2D eigenvalue weighted by Gasteiger charge is 2.40. The first kappa shape index (κ1) is 24.3. The van der Waals surface area contributed by atoms with Crippen LogP contribution in [0.2, 0.25) is 0 Å². The van der Waals surface area contributed by atoms with E-state index in [2.05, 4.69) is 20.3 Å². The number of para-hydroxylation sites is 1. The van der Waals surface area contributed by atoms with Gasteiger partial charge in [0.15, 0.2) is 0 Å². The lowest BCUT2D eigenvalue weighted by Gasteiger charge is -2.28. The summed E-state index contributed by atoms with van der Waals surface area (Å²) in [5, 5.41) is 13.7. The predicted molar refractivity (Wildman–Crippen MR) is 123 cm³/mol. The van der Waals surface area contributed by atoms with E-state index in [1.165, 1.54) is 12.4 Å². The molecule has 3 aromatic rings. The van der Waals surface area contributed by atoms with Crippen LogP contribution in [0.15, 0.2) is 30.6 Å². The van der Waals surface area contributed by atoms with Crippen LogP contribution in [-0.2, 0) is 0 Å². The summed E-state index contributed by atoms with van der Waals surface area (Å²) < 4.78 is 39.4. The smallest absolute Gasteiger partial charge is 0.408 e. The Balaban J connectivity index is 1.82. The Morgan fingerprint density at radius 1 is 1.29 bits per heavy atom.